The van der Waals surface area contributed by atoms with E-state index in [0.717, 1.165) is 51.9 Å². The normalized spacial score (nSPS) is 19.1. The second kappa shape index (κ2) is 7.39. The molecule has 5 rings (SSSR count). The maximum Gasteiger partial charge on any atom is 0.100 e. The van der Waals surface area contributed by atoms with Crippen LogP contribution in [-0.2, 0) is 6.54 Å². The molecule has 0 spiro atoms. The second-order valence-corrected chi connectivity index (χ2v) is 7.99. The van der Waals surface area contributed by atoms with Gasteiger partial charge in [-0.15, -0.1) is 0 Å². The van der Waals surface area contributed by atoms with Crippen molar-refractivity contribution >= 4 is 10.9 Å². The summed E-state index contributed by atoms with van der Waals surface area (Å²) in [6.07, 6.45) is 7.38. The van der Waals surface area contributed by atoms with Crippen LogP contribution in [0, 0.1) is 12.8 Å². The number of halogens is 1. The van der Waals surface area contributed by atoms with Crippen LogP contribution in [0.2, 0.25) is 0 Å². The highest BCUT2D eigenvalue weighted by Gasteiger charge is 2.24. The van der Waals surface area contributed by atoms with Gasteiger partial charge in [-0.1, -0.05) is 24.3 Å². The number of nitrogens with zero attached hydrogens (tertiary/aromatic N) is 4. The highest BCUT2D eigenvalue weighted by molar-refractivity contribution is 5.87. The molecular weight excluding hydrogens is 363 g/mol. The number of hydrogen-bond acceptors (Lipinski definition) is 3. The minimum Gasteiger partial charge on any atom is -0.272 e. The van der Waals surface area contributed by atoms with Crippen molar-refractivity contribution in [2.45, 2.75) is 38.9 Å². The first-order chi connectivity index (χ1) is 14.2. The molecular formula is C24H23FN4. The van der Waals surface area contributed by atoms with Crippen molar-refractivity contribution in [3.63, 3.8) is 0 Å². The Morgan fingerprint density at radius 3 is 2.90 bits per heavy atom. The molecule has 5 heteroatoms. The van der Waals surface area contributed by atoms with E-state index in [4.69, 9.17) is 4.98 Å². The molecule has 0 aliphatic heterocycles. The summed E-state index contributed by atoms with van der Waals surface area (Å²) >= 11 is 0. The van der Waals surface area contributed by atoms with E-state index in [9.17, 15) is 4.39 Å². The van der Waals surface area contributed by atoms with Crippen molar-refractivity contribution in [3.8, 4) is 22.4 Å². The molecule has 0 radical (unpaired) electrons. The molecule has 146 valence electrons. The summed E-state index contributed by atoms with van der Waals surface area (Å²) in [5.41, 5.74) is 5.98. The first kappa shape index (κ1) is 18.0. The zero-order chi connectivity index (χ0) is 19.8. The van der Waals surface area contributed by atoms with Crippen LogP contribution in [0.15, 0.2) is 61.1 Å². The summed E-state index contributed by atoms with van der Waals surface area (Å²) in [6.45, 7) is 2.78. The maximum absolute atomic E-state index is 13.5. The second-order valence-electron chi connectivity index (χ2n) is 7.99. The molecule has 2 atom stereocenters. The first-order valence-electron chi connectivity index (χ1n) is 10.2. The van der Waals surface area contributed by atoms with E-state index in [1.807, 2.05) is 36.1 Å². The van der Waals surface area contributed by atoms with Crippen molar-refractivity contribution in [1.29, 1.82) is 0 Å². The molecule has 1 saturated carbocycles. The van der Waals surface area contributed by atoms with Crippen molar-refractivity contribution in [3.05, 3.63) is 66.7 Å². The fraction of sp³-hybridized carbons (Fsp3) is 0.292. The van der Waals surface area contributed by atoms with Gasteiger partial charge >= 0.3 is 0 Å². The Labute approximate surface area is 169 Å². The molecule has 1 aromatic carbocycles. The van der Waals surface area contributed by atoms with Crippen LogP contribution in [0.25, 0.3) is 33.3 Å². The van der Waals surface area contributed by atoms with E-state index in [0.29, 0.717) is 18.8 Å². The van der Waals surface area contributed by atoms with Gasteiger partial charge in [0.1, 0.15) is 6.17 Å². The van der Waals surface area contributed by atoms with Crippen LogP contribution in [0.1, 0.15) is 25.0 Å². The molecule has 0 amide bonds. The van der Waals surface area contributed by atoms with Gasteiger partial charge in [-0.25, -0.2) is 4.39 Å². The lowest BCUT2D eigenvalue weighted by atomic mass is 10.00. The van der Waals surface area contributed by atoms with Gasteiger partial charge in [-0.05, 0) is 50.3 Å². The monoisotopic (exact) mass is 386 g/mol. The third kappa shape index (κ3) is 3.65. The van der Waals surface area contributed by atoms with Crippen molar-refractivity contribution in [2.24, 2.45) is 5.92 Å². The Morgan fingerprint density at radius 2 is 2.03 bits per heavy atom. The van der Waals surface area contributed by atoms with Crippen LogP contribution in [0.3, 0.4) is 0 Å². The minimum absolute atomic E-state index is 0.375. The largest absolute Gasteiger partial charge is 0.272 e. The molecule has 3 heterocycles. The van der Waals surface area contributed by atoms with Crippen LogP contribution in [0.4, 0.5) is 4.39 Å². The summed E-state index contributed by atoms with van der Waals surface area (Å²) < 4.78 is 15.4. The fourth-order valence-corrected chi connectivity index (χ4v) is 4.27. The summed E-state index contributed by atoms with van der Waals surface area (Å²) in [7, 11) is 0. The van der Waals surface area contributed by atoms with Crippen molar-refractivity contribution in [1.82, 2.24) is 19.7 Å². The van der Waals surface area contributed by atoms with Crippen LogP contribution >= 0.6 is 0 Å². The summed E-state index contributed by atoms with van der Waals surface area (Å²) in [4.78, 5) is 9.32. The standard InChI is InChI=1S/C24H23FN4/c1-16-4-9-22(20-13-27-29(15-20)14-17-5-8-21(25)11-17)24(28-16)19-7-6-18-3-2-10-26-23(18)12-19/h2-4,6-7,9-10,12-13,15,17,21H,5,8,11,14H2,1H3. The number of rotatable bonds is 4. The predicted molar refractivity (Wildman–Crippen MR) is 113 cm³/mol. The molecule has 4 nitrogen and oxygen atoms in total. The number of benzene rings is 1. The lowest BCUT2D eigenvalue weighted by Crippen LogP contribution is -2.08. The van der Waals surface area contributed by atoms with E-state index < -0.39 is 6.17 Å². The molecule has 1 fully saturated rings. The summed E-state index contributed by atoms with van der Waals surface area (Å²) in [6, 6.07) is 14.4. The molecule has 1 aliphatic carbocycles. The molecule has 0 bridgehead atoms. The third-order valence-electron chi connectivity index (χ3n) is 5.78. The molecule has 0 saturated heterocycles. The van der Waals surface area contributed by atoms with Crippen molar-refractivity contribution < 1.29 is 4.39 Å². The van der Waals surface area contributed by atoms with Crippen LogP contribution in [-0.4, -0.2) is 25.9 Å². The smallest absolute Gasteiger partial charge is 0.100 e. The SMILES string of the molecule is Cc1ccc(-c2cnn(CC3CCC(F)C3)c2)c(-c2ccc3cccnc3c2)n1. The number of aromatic nitrogens is 4. The topological polar surface area (TPSA) is 43.6 Å². The number of hydrogen-bond donors (Lipinski definition) is 0. The van der Waals surface area contributed by atoms with Gasteiger partial charge in [0.2, 0.25) is 0 Å². The third-order valence-corrected chi connectivity index (χ3v) is 5.78. The lowest BCUT2D eigenvalue weighted by Gasteiger charge is -2.10. The van der Waals surface area contributed by atoms with Gasteiger partial charge in [-0.3, -0.25) is 14.6 Å². The fourth-order valence-electron chi connectivity index (χ4n) is 4.27. The Bertz CT molecular complexity index is 1170. The molecule has 4 aromatic rings. The van der Waals surface area contributed by atoms with Gasteiger partial charge in [-0.2, -0.15) is 5.10 Å². The van der Waals surface area contributed by atoms with E-state index in [1.54, 1.807) is 0 Å². The molecule has 29 heavy (non-hydrogen) atoms. The Balaban J connectivity index is 1.51. The summed E-state index contributed by atoms with van der Waals surface area (Å²) in [5, 5.41) is 5.65. The predicted octanol–water partition coefficient (Wildman–Crippen LogP) is 5.61. The van der Waals surface area contributed by atoms with E-state index in [1.165, 1.54) is 0 Å². The zero-order valence-corrected chi connectivity index (χ0v) is 16.4. The Morgan fingerprint density at radius 1 is 1.10 bits per heavy atom. The number of fused-ring (bicyclic) bond motifs is 1. The van der Waals surface area contributed by atoms with Gasteiger partial charge in [0.25, 0.3) is 0 Å². The molecule has 0 N–H and O–H groups in total. The van der Waals surface area contributed by atoms with Gasteiger partial charge in [0.05, 0.1) is 17.4 Å². The average molecular weight is 386 g/mol. The quantitative estimate of drug-likeness (QED) is 0.458. The number of alkyl halides is 1. The average Bonchev–Trinajstić information content (AvgIpc) is 3.36. The van der Waals surface area contributed by atoms with Gasteiger partial charge in [0.15, 0.2) is 0 Å². The van der Waals surface area contributed by atoms with Gasteiger partial charge in [0, 0.05) is 46.7 Å². The number of aryl methyl sites for hydroxylation is 1. The van der Waals surface area contributed by atoms with Gasteiger partial charge < -0.3 is 0 Å². The first-order valence-corrected chi connectivity index (χ1v) is 10.2. The molecule has 2 unspecified atom stereocenters. The molecule has 1 aliphatic rings. The van der Waals surface area contributed by atoms with E-state index in [-0.39, 0.29) is 0 Å². The number of pyridine rings is 2. The molecule has 3 aromatic heterocycles. The Hall–Kier alpha value is -3.08. The van der Waals surface area contributed by atoms with Crippen LogP contribution in [0.5, 0.6) is 0 Å². The zero-order valence-electron chi connectivity index (χ0n) is 16.4. The summed E-state index contributed by atoms with van der Waals surface area (Å²) in [5.74, 6) is 0.375. The van der Waals surface area contributed by atoms with Crippen LogP contribution < -0.4 is 0 Å². The van der Waals surface area contributed by atoms with E-state index in [2.05, 4.69) is 46.6 Å². The highest BCUT2D eigenvalue weighted by atomic mass is 19.1. The Kier molecular flexibility index (Phi) is 4.58. The minimum atomic E-state index is -0.649. The van der Waals surface area contributed by atoms with E-state index >= 15 is 0 Å². The highest BCUT2D eigenvalue weighted by Crippen LogP contribution is 2.33. The lowest BCUT2D eigenvalue weighted by molar-refractivity contribution is 0.320. The maximum atomic E-state index is 13.5. The van der Waals surface area contributed by atoms with Crippen molar-refractivity contribution in [2.75, 3.05) is 0 Å².